The fraction of sp³-hybridized carbons (Fsp3) is 0.190. The highest BCUT2D eigenvalue weighted by atomic mass is 32.2. The fourth-order valence-electron chi connectivity index (χ4n) is 2.87. The number of benzene rings is 2. The van der Waals surface area contributed by atoms with E-state index >= 15 is 0 Å². The number of nitrogens with one attached hydrogen (secondary N) is 1. The molecule has 10 heteroatoms. The fourth-order valence-corrected chi connectivity index (χ4v) is 4.17. The van der Waals surface area contributed by atoms with Crippen molar-refractivity contribution in [2.75, 3.05) is 19.3 Å². The van der Waals surface area contributed by atoms with Crippen LogP contribution < -0.4 is 5.32 Å². The Labute approximate surface area is 187 Å². The summed E-state index contributed by atoms with van der Waals surface area (Å²) < 4.78 is 0. The van der Waals surface area contributed by atoms with Gasteiger partial charge in [0.05, 0.1) is 9.83 Å². The molecule has 0 bridgehead atoms. The molecule has 0 saturated carbocycles. The molecule has 8 nitrogen and oxygen atoms in total. The molecule has 2 aromatic rings. The van der Waals surface area contributed by atoms with E-state index in [0.717, 1.165) is 27.8 Å². The van der Waals surface area contributed by atoms with Crippen molar-refractivity contribution in [1.29, 1.82) is 0 Å². The van der Waals surface area contributed by atoms with Crippen molar-refractivity contribution in [2.24, 2.45) is 0 Å². The first kappa shape index (κ1) is 22.6. The van der Waals surface area contributed by atoms with Crippen LogP contribution in [0.25, 0.3) is 6.08 Å². The smallest absolute Gasteiger partial charge is 0.293 e. The molecule has 0 aliphatic carbocycles. The molecular formula is C21H19N3O5S2. The lowest BCUT2D eigenvalue weighted by Gasteiger charge is -2.13. The molecule has 0 aromatic heterocycles. The third kappa shape index (κ3) is 5.33. The van der Waals surface area contributed by atoms with Crippen LogP contribution in [0.5, 0.6) is 0 Å². The molecule has 0 unspecified atom stereocenters. The minimum Gasteiger partial charge on any atom is -0.350 e. The van der Waals surface area contributed by atoms with Crippen LogP contribution in [0, 0.1) is 17.0 Å². The number of nitro groups is 1. The van der Waals surface area contributed by atoms with Crippen LogP contribution in [-0.2, 0) is 4.79 Å². The molecule has 2 aromatic carbocycles. The Balaban J connectivity index is 1.65. The number of hydrogen-bond acceptors (Lipinski definition) is 7. The van der Waals surface area contributed by atoms with Gasteiger partial charge in [-0.3, -0.25) is 29.4 Å². The van der Waals surface area contributed by atoms with Crippen molar-refractivity contribution >= 4 is 52.3 Å². The van der Waals surface area contributed by atoms with E-state index in [4.69, 9.17) is 0 Å². The normalized spacial score (nSPS) is 14.9. The molecule has 0 spiro atoms. The Hall–Kier alpha value is -3.11. The maximum atomic E-state index is 12.6. The van der Waals surface area contributed by atoms with E-state index in [1.54, 1.807) is 18.4 Å². The minimum atomic E-state index is -0.634. The molecule has 3 amide bonds. The highest BCUT2D eigenvalue weighted by Crippen LogP contribution is 2.32. The molecular weight excluding hydrogens is 438 g/mol. The molecule has 31 heavy (non-hydrogen) atoms. The SMILES string of the molecule is CSc1ccc([N+](=O)[O-])c(C(=O)NCCN2C(=O)S/C(=C/c3ccc(C)cc3)C2=O)c1. The second kappa shape index (κ2) is 9.80. The van der Waals surface area contributed by atoms with Gasteiger partial charge in [-0.2, -0.15) is 0 Å². The van der Waals surface area contributed by atoms with E-state index in [9.17, 15) is 24.5 Å². The standard InChI is InChI=1S/C21H19N3O5S2/c1-13-3-5-14(6-4-13)11-18-20(26)23(21(27)31-18)10-9-22-19(25)16-12-15(30-2)7-8-17(16)24(28)29/h3-8,11-12H,9-10H2,1-2H3,(H,22,25)/b18-11+. The first-order chi connectivity index (χ1) is 14.8. The van der Waals surface area contributed by atoms with E-state index in [-0.39, 0.29) is 24.3 Å². The van der Waals surface area contributed by atoms with Gasteiger partial charge in [0.25, 0.3) is 22.7 Å². The molecule has 1 fully saturated rings. The van der Waals surface area contributed by atoms with Gasteiger partial charge in [-0.25, -0.2) is 0 Å². The van der Waals surface area contributed by atoms with E-state index in [2.05, 4.69) is 5.32 Å². The zero-order chi connectivity index (χ0) is 22.5. The Kier molecular flexibility index (Phi) is 7.13. The average molecular weight is 458 g/mol. The summed E-state index contributed by atoms with van der Waals surface area (Å²) in [6, 6.07) is 11.8. The Morgan fingerprint density at radius 1 is 1.23 bits per heavy atom. The van der Waals surface area contributed by atoms with Gasteiger partial charge in [-0.1, -0.05) is 29.8 Å². The summed E-state index contributed by atoms with van der Waals surface area (Å²) in [4.78, 5) is 49.9. The lowest BCUT2D eigenvalue weighted by molar-refractivity contribution is -0.385. The van der Waals surface area contributed by atoms with Crippen molar-refractivity contribution in [3.8, 4) is 0 Å². The van der Waals surface area contributed by atoms with Crippen LogP contribution in [-0.4, -0.2) is 46.2 Å². The zero-order valence-corrected chi connectivity index (χ0v) is 18.4. The molecule has 1 aliphatic heterocycles. The van der Waals surface area contributed by atoms with E-state index in [0.29, 0.717) is 9.80 Å². The Morgan fingerprint density at radius 2 is 1.94 bits per heavy atom. The maximum absolute atomic E-state index is 12.6. The number of aryl methyl sites for hydroxylation is 1. The number of amides is 3. The van der Waals surface area contributed by atoms with E-state index < -0.39 is 22.0 Å². The summed E-state index contributed by atoms with van der Waals surface area (Å²) in [5.41, 5.74) is 1.53. The van der Waals surface area contributed by atoms with Crippen LogP contribution in [0.1, 0.15) is 21.5 Å². The van der Waals surface area contributed by atoms with E-state index in [1.165, 1.54) is 23.9 Å². The van der Waals surface area contributed by atoms with Crippen LogP contribution in [0.15, 0.2) is 52.3 Å². The average Bonchev–Trinajstić information content (AvgIpc) is 3.02. The summed E-state index contributed by atoms with van der Waals surface area (Å²) in [6.45, 7) is 1.91. The molecule has 1 aliphatic rings. The van der Waals surface area contributed by atoms with Gasteiger partial charge >= 0.3 is 0 Å². The summed E-state index contributed by atoms with van der Waals surface area (Å²) in [5, 5.41) is 13.3. The molecule has 0 radical (unpaired) electrons. The summed E-state index contributed by atoms with van der Waals surface area (Å²) in [5.74, 6) is -1.06. The third-order valence-electron chi connectivity index (χ3n) is 4.51. The lowest BCUT2D eigenvalue weighted by atomic mass is 10.1. The van der Waals surface area contributed by atoms with Crippen LogP contribution in [0.3, 0.4) is 0 Å². The van der Waals surface area contributed by atoms with Crippen molar-refractivity contribution < 1.29 is 19.3 Å². The summed E-state index contributed by atoms with van der Waals surface area (Å²) in [6.07, 6.45) is 3.45. The number of hydrogen-bond donors (Lipinski definition) is 1. The zero-order valence-electron chi connectivity index (χ0n) is 16.8. The highest BCUT2D eigenvalue weighted by molar-refractivity contribution is 8.18. The Bertz CT molecular complexity index is 1080. The summed E-state index contributed by atoms with van der Waals surface area (Å²) >= 11 is 2.20. The molecule has 1 heterocycles. The largest absolute Gasteiger partial charge is 0.350 e. The number of nitrogens with zero attached hydrogens (tertiary/aromatic N) is 2. The number of thioether (sulfide) groups is 2. The predicted molar refractivity (Wildman–Crippen MR) is 121 cm³/mol. The van der Waals surface area contributed by atoms with Crippen molar-refractivity contribution in [2.45, 2.75) is 11.8 Å². The van der Waals surface area contributed by atoms with Crippen LogP contribution >= 0.6 is 23.5 Å². The second-order valence-electron chi connectivity index (χ2n) is 6.64. The van der Waals surface area contributed by atoms with Crippen LogP contribution in [0.4, 0.5) is 10.5 Å². The van der Waals surface area contributed by atoms with Crippen molar-refractivity contribution in [1.82, 2.24) is 10.2 Å². The first-order valence-electron chi connectivity index (χ1n) is 9.23. The topological polar surface area (TPSA) is 110 Å². The molecule has 160 valence electrons. The number of imide groups is 1. The number of nitro benzene ring substituents is 1. The van der Waals surface area contributed by atoms with Crippen LogP contribution in [0.2, 0.25) is 0 Å². The minimum absolute atomic E-state index is 0.0185. The highest BCUT2D eigenvalue weighted by Gasteiger charge is 2.34. The van der Waals surface area contributed by atoms with E-state index in [1.807, 2.05) is 31.2 Å². The number of carbonyl (C=O) groups is 3. The maximum Gasteiger partial charge on any atom is 0.293 e. The summed E-state index contributed by atoms with van der Waals surface area (Å²) in [7, 11) is 0. The quantitative estimate of drug-likeness (QED) is 0.289. The molecule has 1 N–H and O–H groups in total. The van der Waals surface area contributed by atoms with Gasteiger partial charge in [0.2, 0.25) is 0 Å². The first-order valence-corrected chi connectivity index (χ1v) is 11.3. The third-order valence-corrected chi connectivity index (χ3v) is 6.15. The number of rotatable bonds is 7. The van der Waals surface area contributed by atoms with Gasteiger partial charge < -0.3 is 5.32 Å². The van der Waals surface area contributed by atoms with Gasteiger partial charge in [0, 0.05) is 24.1 Å². The molecule has 3 rings (SSSR count). The van der Waals surface area contributed by atoms with Gasteiger partial charge in [-0.15, -0.1) is 11.8 Å². The molecule has 0 atom stereocenters. The monoisotopic (exact) mass is 457 g/mol. The van der Waals surface area contributed by atoms with Crippen molar-refractivity contribution in [3.63, 3.8) is 0 Å². The van der Waals surface area contributed by atoms with Crippen molar-refractivity contribution in [3.05, 3.63) is 74.2 Å². The second-order valence-corrected chi connectivity index (χ2v) is 8.51. The molecule has 1 saturated heterocycles. The number of carbonyl (C=O) groups excluding carboxylic acids is 3. The van der Waals surface area contributed by atoms with Gasteiger partial charge in [0.1, 0.15) is 5.56 Å². The van der Waals surface area contributed by atoms with Gasteiger partial charge in [0.15, 0.2) is 0 Å². The Morgan fingerprint density at radius 3 is 2.58 bits per heavy atom. The van der Waals surface area contributed by atoms with Gasteiger partial charge in [-0.05, 0) is 48.7 Å². The lowest BCUT2D eigenvalue weighted by Crippen LogP contribution is -2.37. The predicted octanol–water partition coefficient (Wildman–Crippen LogP) is 4.09.